The van der Waals surface area contributed by atoms with Crippen LogP contribution in [0.5, 0.6) is 0 Å². The van der Waals surface area contributed by atoms with Gasteiger partial charge in [-0.05, 0) is 29.7 Å². The van der Waals surface area contributed by atoms with Gasteiger partial charge in [-0.2, -0.15) is 0 Å². The van der Waals surface area contributed by atoms with Crippen LogP contribution in [0.15, 0.2) is 34.6 Å². The van der Waals surface area contributed by atoms with Crippen LogP contribution in [0.1, 0.15) is 4.88 Å². The van der Waals surface area contributed by atoms with Crippen LogP contribution in [0.2, 0.25) is 0 Å². The number of carboxylic acids is 1. The predicted octanol–water partition coefficient (Wildman–Crippen LogP) is 3.76. The maximum atomic E-state index is 12.2. The standard InChI is InChI=1S/C14H9NO3S4/c16-12(17)7-15-13(18)11(22-14(15)19)6-8-3-4-10(21-8)9-2-1-5-20-9/h1-6H,7H2,(H,16,17)/b11-6-. The molecule has 2 aromatic heterocycles. The second-order valence-corrected chi connectivity index (χ2v) is 8.08. The Morgan fingerprint density at radius 1 is 1.32 bits per heavy atom. The van der Waals surface area contributed by atoms with Gasteiger partial charge in [0.05, 0.1) is 4.91 Å². The van der Waals surface area contributed by atoms with Gasteiger partial charge in [-0.1, -0.05) is 30.0 Å². The molecule has 0 radical (unpaired) electrons. The molecule has 3 rings (SSSR count). The first-order valence-corrected chi connectivity index (χ1v) is 9.07. The number of nitrogens with zero attached hydrogens (tertiary/aromatic N) is 1. The Hall–Kier alpha value is -1.48. The molecule has 4 nitrogen and oxygen atoms in total. The van der Waals surface area contributed by atoms with Crippen molar-refractivity contribution >= 4 is 68.9 Å². The van der Waals surface area contributed by atoms with Gasteiger partial charge in [0.2, 0.25) is 0 Å². The van der Waals surface area contributed by atoms with Crippen molar-refractivity contribution in [2.45, 2.75) is 0 Å². The number of carboxylic acid groups (broad SMARTS) is 1. The van der Waals surface area contributed by atoms with E-state index in [1.807, 2.05) is 29.6 Å². The largest absolute Gasteiger partial charge is 0.480 e. The number of thioether (sulfide) groups is 1. The van der Waals surface area contributed by atoms with Crippen molar-refractivity contribution in [1.82, 2.24) is 4.90 Å². The third-order valence-electron chi connectivity index (χ3n) is 2.83. The molecule has 112 valence electrons. The number of thiocarbonyl (C=S) groups is 1. The first kappa shape index (κ1) is 15.4. The van der Waals surface area contributed by atoms with Gasteiger partial charge in [-0.15, -0.1) is 22.7 Å². The van der Waals surface area contributed by atoms with Crippen molar-refractivity contribution in [1.29, 1.82) is 0 Å². The van der Waals surface area contributed by atoms with Crippen LogP contribution in [0.25, 0.3) is 15.8 Å². The normalized spacial score (nSPS) is 16.7. The molecule has 0 bridgehead atoms. The molecule has 1 aliphatic rings. The summed E-state index contributed by atoms with van der Waals surface area (Å²) >= 11 is 9.46. The lowest BCUT2D eigenvalue weighted by Gasteiger charge is -2.09. The summed E-state index contributed by atoms with van der Waals surface area (Å²) in [6, 6.07) is 8.01. The number of thiophene rings is 2. The predicted molar refractivity (Wildman–Crippen MR) is 95.1 cm³/mol. The van der Waals surface area contributed by atoms with E-state index < -0.39 is 12.5 Å². The van der Waals surface area contributed by atoms with Gasteiger partial charge < -0.3 is 5.11 Å². The number of hydrogen-bond acceptors (Lipinski definition) is 6. The highest BCUT2D eigenvalue weighted by Crippen LogP contribution is 2.36. The Morgan fingerprint density at radius 2 is 2.14 bits per heavy atom. The number of amides is 1. The zero-order valence-electron chi connectivity index (χ0n) is 11.0. The molecule has 1 amide bonds. The Bertz CT molecular complexity index is 776. The molecule has 0 spiro atoms. The highest BCUT2D eigenvalue weighted by molar-refractivity contribution is 8.26. The van der Waals surface area contributed by atoms with E-state index in [2.05, 4.69) is 0 Å². The second kappa shape index (κ2) is 6.33. The Kier molecular flexibility index (Phi) is 4.44. The highest BCUT2D eigenvalue weighted by atomic mass is 32.2. The number of aliphatic carboxylic acids is 1. The quantitative estimate of drug-likeness (QED) is 0.659. The van der Waals surface area contributed by atoms with Gasteiger partial charge in [0.25, 0.3) is 5.91 Å². The highest BCUT2D eigenvalue weighted by Gasteiger charge is 2.33. The van der Waals surface area contributed by atoms with Crippen molar-refractivity contribution in [3.63, 3.8) is 0 Å². The van der Waals surface area contributed by atoms with E-state index >= 15 is 0 Å². The molecule has 0 saturated carbocycles. The molecule has 0 aromatic carbocycles. The van der Waals surface area contributed by atoms with E-state index in [0.717, 1.165) is 26.4 Å². The van der Waals surface area contributed by atoms with Crippen molar-refractivity contribution in [2.75, 3.05) is 6.54 Å². The van der Waals surface area contributed by atoms with E-state index in [1.165, 1.54) is 4.88 Å². The van der Waals surface area contributed by atoms with Crippen molar-refractivity contribution in [3.05, 3.63) is 39.4 Å². The molecule has 0 unspecified atom stereocenters. The van der Waals surface area contributed by atoms with E-state index in [-0.39, 0.29) is 10.2 Å². The average Bonchev–Trinajstić information content (AvgIpc) is 3.17. The third kappa shape index (κ3) is 3.14. The van der Waals surface area contributed by atoms with Gasteiger partial charge in [-0.3, -0.25) is 14.5 Å². The van der Waals surface area contributed by atoms with Crippen LogP contribution in [0.3, 0.4) is 0 Å². The summed E-state index contributed by atoms with van der Waals surface area (Å²) in [6.45, 7) is -0.396. The molecular formula is C14H9NO3S4. The van der Waals surface area contributed by atoms with Gasteiger partial charge in [-0.25, -0.2) is 0 Å². The maximum Gasteiger partial charge on any atom is 0.323 e. The summed E-state index contributed by atoms with van der Waals surface area (Å²) in [6.07, 6.45) is 1.77. The molecule has 22 heavy (non-hydrogen) atoms. The SMILES string of the molecule is O=C(O)CN1C(=O)/C(=C/c2ccc(-c3cccs3)s2)SC1=S. The van der Waals surface area contributed by atoms with Crippen LogP contribution in [-0.4, -0.2) is 32.7 Å². The van der Waals surface area contributed by atoms with Crippen molar-refractivity contribution in [2.24, 2.45) is 0 Å². The zero-order chi connectivity index (χ0) is 15.7. The lowest BCUT2D eigenvalue weighted by atomic mass is 10.3. The van der Waals surface area contributed by atoms with E-state index in [0.29, 0.717) is 4.91 Å². The van der Waals surface area contributed by atoms with Gasteiger partial charge >= 0.3 is 5.97 Å². The fourth-order valence-corrected chi connectivity index (χ4v) is 4.99. The summed E-state index contributed by atoms with van der Waals surface area (Å²) in [7, 11) is 0. The minimum atomic E-state index is -1.08. The number of carbonyl (C=O) groups excluding carboxylic acids is 1. The summed E-state index contributed by atoms with van der Waals surface area (Å²) in [5.41, 5.74) is 0. The fourth-order valence-electron chi connectivity index (χ4n) is 1.88. The lowest BCUT2D eigenvalue weighted by molar-refractivity contribution is -0.140. The van der Waals surface area contributed by atoms with Crippen LogP contribution >= 0.6 is 46.7 Å². The van der Waals surface area contributed by atoms with Gasteiger partial charge in [0.15, 0.2) is 0 Å². The maximum absolute atomic E-state index is 12.2. The van der Waals surface area contributed by atoms with Crippen LogP contribution in [0, 0.1) is 0 Å². The third-order valence-corrected chi connectivity index (χ3v) is 6.31. The molecule has 1 fully saturated rings. The van der Waals surface area contributed by atoms with Crippen molar-refractivity contribution < 1.29 is 14.7 Å². The van der Waals surface area contributed by atoms with Crippen molar-refractivity contribution in [3.8, 4) is 9.75 Å². The first-order chi connectivity index (χ1) is 10.5. The molecule has 0 atom stereocenters. The molecule has 8 heteroatoms. The molecule has 2 aromatic rings. The molecule has 1 aliphatic heterocycles. The summed E-state index contributed by atoms with van der Waals surface area (Å²) in [4.78, 5) is 27.8. The fraction of sp³-hybridized carbons (Fsp3) is 0.0714. The smallest absolute Gasteiger partial charge is 0.323 e. The Morgan fingerprint density at radius 3 is 2.82 bits per heavy atom. The van der Waals surface area contributed by atoms with E-state index in [1.54, 1.807) is 28.7 Å². The topological polar surface area (TPSA) is 57.6 Å². The van der Waals surface area contributed by atoms with Gasteiger partial charge in [0, 0.05) is 14.6 Å². The van der Waals surface area contributed by atoms with Crippen LogP contribution in [0.4, 0.5) is 0 Å². The molecule has 1 N–H and O–H groups in total. The number of hydrogen-bond donors (Lipinski definition) is 1. The Balaban J connectivity index is 1.82. The number of carbonyl (C=O) groups is 2. The van der Waals surface area contributed by atoms with Gasteiger partial charge in [0.1, 0.15) is 10.9 Å². The molecule has 3 heterocycles. The average molecular weight is 367 g/mol. The molecule has 1 saturated heterocycles. The van der Waals surface area contributed by atoms with Crippen LogP contribution in [-0.2, 0) is 9.59 Å². The monoisotopic (exact) mass is 367 g/mol. The summed E-state index contributed by atoms with van der Waals surface area (Å²) < 4.78 is 0.286. The molecular weight excluding hydrogens is 358 g/mol. The first-order valence-electron chi connectivity index (χ1n) is 6.15. The summed E-state index contributed by atoms with van der Waals surface area (Å²) in [5, 5.41) is 10.8. The zero-order valence-corrected chi connectivity index (χ0v) is 14.3. The van der Waals surface area contributed by atoms with E-state index in [4.69, 9.17) is 17.3 Å². The molecule has 0 aliphatic carbocycles. The van der Waals surface area contributed by atoms with Crippen LogP contribution < -0.4 is 0 Å². The minimum absolute atomic E-state index is 0.286. The lowest BCUT2D eigenvalue weighted by Crippen LogP contribution is -2.33. The second-order valence-electron chi connectivity index (χ2n) is 4.34. The Labute approximate surface area is 144 Å². The number of rotatable bonds is 4. The summed E-state index contributed by atoms with van der Waals surface area (Å²) in [5.74, 6) is -1.42. The van der Waals surface area contributed by atoms with E-state index in [9.17, 15) is 9.59 Å². The minimum Gasteiger partial charge on any atom is -0.480 e.